The molecule has 0 unspecified atom stereocenters. The van der Waals surface area contributed by atoms with E-state index in [4.69, 9.17) is 0 Å². The van der Waals surface area contributed by atoms with Crippen LogP contribution in [0.1, 0.15) is 37.7 Å². The zero-order chi connectivity index (χ0) is 15.6. The molecule has 0 bridgehead atoms. The van der Waals surface area contributed by atoms with Crippen LogP contribution in [0, 0.1) is 5.82 Å². The Balaban J connectivity index is 1.51. The van der Waals surface area contributed by atoms with Crippen molar-refractivity contribution in [3.8, 4) is 0 Å². The van der Waals surface area contributed by atoms with E-state index in [1.807, 2.05) is 17.8 Å². The van der Waals surface area contributed by atoms with Crippen molar-refractivity contribution in [1.29, 1.82) is 0 Å². The fraction of sp³-hybridized carbons (Fsp3) is 0.588. The number of nitrogens with one attached hydrogen (secondary N) is 1. The number of hydrogen-bond acceptors (Lipinski definition) is 3. The van der Waals surface area contributed by atoms with E-state index in [1.165, 1.54) is 49.9 Å². The summed E-state index contributed by atoms with van der Waals surface area (Å²) in [6, 6.07) is 6.72. The van der Waals surface area contributed by atoms with Gasteiger partial charge in [-0.15, -0.1) is 11.8 Å². The molecule has 1 amide bonds. The Labute approximate surface area is 141 Å². The van der Waals surface area contributed by atoms with Crippen LogP contribution in [0.4, 0.5) is 4.39 Å². The number of hydrogen-bond donors (Lipinski definition) is 1. The quantitative estimate of drug-likeness (QED) is 0.717. The van der Waals surface area contributed by atoms with E-state index in [-0.39, 0.29) is 11.7 Å². The standard InChI is InChI=1S/C17H24FNOS2/c18-16-9-5-4-6-14(16)12-21-13-17(20)19-10-11-22-15-7-2-1-3-8-15/h4-6,9,15H,1-3,7-8,10-13H2,(H,19,20). The Kier molecular flexibility index (Phi) is 8.16. The number of carbonyl (C=O) groups excluding carboxylic acids is 1. The smallest absolute Gasteiger partial charge is 0.230 e. The van der Waals surface area contributed by atoms with Crippen molar-refractivity contribution in [3.63, 3.8) is 0 Å². The molecule has 5 heteroatoms. The van der Waals surface area contributed by atoms with Gasteiger partial charge in [0.1, 0.15) is 5.82 Å². The molecule has 1 aromatic rings. The van der Waals surface area contributed by atoms with E-state index >= 15 is 0 Å². The van der Waals surface area contributed by atoms with E-state index in [1.54, 1.807) is 12.1 Å². The van der Waals surface area contributed by atoms with Gasteiger partial charge in [-0.3, -0.25) is 4.79 Å². The summed E-state index contributed by atoms with van der Waals surface area (Å²) in [5.74, 6) is 1.78. The van der Waals surface area contributed by atoms with Gasteiger partial charge in [0.05, 0.1) is 5.75 Å². The Bertz CT molecular complexity index is 464. The van der Waals surface area contributed by atoms with Gasteiger partial charge in [0.2, 0.25) is 5.91 Å². The molecular formula is C17H24FNOS2. The maximum absolute atomic E-state index is 13.4. The molecule has 1 N–H and O–H groups in total. The average molecular weight is 342 g/mol. The molecule has 0 spiro atoms. The Morgan fingerprint density at radius 1 is 1.23 bits per heavy atom. The molecule has 1 fully saturated rings. The van der Waals surface area contributed by atoms with Gasteiger partial charge in [-0.05, 0) is 24.5 Å². The first kappa shape index (κ1) is 17.7. The summed E-state index contributed by atoms with van der Waals surface area (Å²) in [6.07, 6.45) is 6.76. The molecule has 0 heterocycles. The number of carbonyl (C=O) groups is 1. The number of halogens is 1. The minimum atomic E-state index is -0.195. The van der Waals surface area contributed by atoms with Crippen molar-refractivity contribution in [2.75, 3.05) is 18.1 Å². The molecule has 1 saturated carbocycles. The van der Waals surface area contributed by atoms with Gasteiger partial charge in [0, 0.05) is 23.3 Å². The van der Waals surface area contributed by atoms with E-state index in [0.717, 1.165) is 17.5 Å². The van der Waals surface area contributed by atoms with E-state index in [9.17, 15) is 9.18 Å². The summed E-state index contributed by atoms with van der Waals surface area (Å²) in [7, 11) is 0. The van der Waals surface area contributed by atoms with E-state index in [2.05, 4.69) is 5.32 Å². The average Bonchev–Trinajstić information content (AvgIpc) is 2.54. The lowest BCUT2D eigenvalue weighted by atomic mass is 10.0. The van der Waals surface area contributed by atoms with Crippen LogP contribution in [0.5, 0.6) is 0 Å². The predicted molar refractivity (Wildman–Crippen MR) is 94.9 cm³/mol. The monoisotopic (exact) mass is 341 g/mol. The van der Waals surface area contributed by atoms with Gasteiger partial charge < -0.3 is 5.32 Å². The summed E-state index contributed by atoms with van der Waals surface area (Å²) in [6.45, 7) is 0.736. The summed E-state index contributed by atoms with van der Waals surface area (Å²) in [4.78, 5) is 11.7. The highest BCUT2D eigenvalue weighted by Gasteiger charge is 2.13. The molecule has 0 saturated heterocycles. The minimum absolute atomic E-state index is 0.0468. The molecule has 1 aliphatic carbocycles. The first-order chi connectivity index (χ1) is 10.8. The van der Waals surface area contributed by atoms with Gasteiger partial charge in [-0.2, -0.15) is 11.8 Å². The number of amides is 1. The molecule has 0 radical (unpaired) electrons. The van der Waals surface area contributed by atoms with Crippen molar-refractivity contribution in [3.05, 3.63) is 35.6 Å². The predicted octanol–water partition coefficient (Wildman–Crippen LogP) is 4.24. The highest BCUT2D eigenvalue weighted by atomic mass is 32.2. The van der Waals surface area contributed by atoms with Crippen molar-refractivity contribution >= 4 is 29.4 Å². The summed E-state index contributed by atoms with van der Waals surface area (Å²) < 4.78 is 13.4. The molecule has 2 nitrogen and oxygen atoms in total. The Morgan fingerprint density at radius 3 is 2.77 bits per heavy atom. The van der Waals surface area contributed by atoms with Gasteiger partial charge in [-0.25, -0.2) is 4.39 Å². The third kappa shape index (κ3) is 6.61. The highest BCUT2D eigenvalue weighted by molar-refractivity contribution is 8.00. The third-order valence-corrected chi connectivity index (χ3v) is 6.14. The molecule has 1 aromatic carbocycles. The molecule has 0 aromatic heterocycles. The van der Waals surface area contributed by atoms with Crippen molar-refractivity contribution in [1.82, 2.24) is 5.32 Å². The van der Waals surface area contributed by atoms with Crippen LogP contribution in [0.25, 0.3) is 0 Å². The van der Waals surface area contributed by atoms with Crippen molar-refractivity contribution in [2.45, 2.75) is 43.1 Å². The summed E-state index contributed by atoms with van der Waals surface area (Å²) in [5.41, 5.74) is 0.660. The van der Waals surface area contributed by atoms with Crippen LogP contribution in [0.2, 0.25) is 0 Å². The third-order valence-electron chi connectivity index (χ3n) is 3.78. The van der Waals surface area contributed by atoms with Crippen molar-refractivity contribution in [2.24, 2.45) is 0 Å². The van der Waals surface area contributed by atoms with Gasteiger partial charge in [-0.1, -0.05) is 37.5 Å². The second-order valence-electron chi connectivity index (χ2n) is 5.56. The minimum Gasteiger partial charge on any atom is -0.355 e. The molecular weight excluding hydrogens is 317 g/mol. The fourth-order valence-electron chi connectivity index (χ4n) is 2.57. The molecule has 22 heavy (non-hydrogen) atoms. The van der Waals surface area contributed by atoms with Crippen LogP contribution >= 0.6 is 23.5 Å². The molecule has 122 valence electrons. The summed E-state index contributed by atoms with van der Waals surface area (Å²) in [5, 5.41) is 3.74. The fourth-order valence-corrected chi connectivity index (χ4v) is 4.63. The number of thioether (sulfide) groups is 2. The second-order valence-corrected chi connectivity index (χ2v) is 7.96. The molecule has 1 aliphatic rings. The normalized spacial score (nSPS) is 15.7. The maximum Gasteiger partial charge on any atom is 0.230 e. The van der Waals surface area contributed by atoms with E-state index < -0.39 is 0 Å². The van der Waals surface area contributed by atoms with Crippen LogP contribution in [0.15, 0.2) is 24.3 Å². The van der Waals surface area contributed by atoms with Crippen LogP contribution in [-0.4, -0.2) is 29.2 Å². The van der Waals surface area contributed by atoms with Crippen LogP contribution < -0.4 is 5.32 Å². The van der Waals surface area contributed by atoms with Crippen LogP contribution in [0.3, 0.4) is 0 Å². The van der Waals surface area contributed by atoms with Gasteiger partial charge >= 0.3 is 0 Å². The zero-order valence-electron chi connectivity index (χ0n) is 12.9. The summed E-state index contributed by atoms with van der Waals surface area (Å²) >= 11 is 3.45. The first-order valence-electron chi connectivity index (χ1n) is 7.95. The number of benzene rings is 1. The first-order valence-corrected chi connectivity index (χ1v) is 10.2. The highest BCUT2D eigenvalue weighted by Crippen LogP contribution is 2.27. The Morgan fingerprint density at radius 2 is 2.00 bits per heavy atom. The van der Waals surface area contributed by atoms with Crippen molar-refractivity contribution < 1.29 is 9.18 Å². The second kappa shape index (κ2) is 10.2. The largest absolute Gasteiger partial charge is 0.355 e. The molecule has 2 rings (SSSR count). The van der Waals surface area contributed by atoms with E-state index in [0.29, 0.717) is 17.1 Å². The lowest BCUT2D eigenvalue weighted by molar-refractivity contribution is -0.118. The maximum atomic E-state index is 13.4. The van der Waals surface area contributed by atoms with Crippen LogP contribution in [-0.2, 0) is 10.5 Å². The Hall–Kier alpha value is -0.680. The lowest BCUT2D eigenvalue weighted by Crippen LogP contribution is -2.28. The SMILES string of the molecule is O=C(CSCc1ccccc1F)NCCSC1CCCCC1. The van der Waals surface area contributed by atoms with Gasteiger partial charge in [0.15, 0.2) is 0 Å². The lowest BCUT2D eigenvalue weighted by Gasteiger charge is -2.20. The topological polar surface area (TPSA) is 29.1 Å². The molecule has 0 atom stereocenters. The zero-order valence-corrected chi connectivity index (χ0v) is 14.5. The number of rotatable bonds is 8. The van der Waals surface area contributed by atoms with Gasteiger partial charge in [0.25, 0.3) is 0 Å². The molecule has 0 aliphatic heterocycles.